The van der Waals surface area contributed by atoms with Gasteiger partial charge in [0.25, 0.3) is 0 Å². The van der Waals surface area contributed by atoms with Crippen LogP contribution in [0.3, 0.4) is 0 Å². The number of nitrogens with two attached hydrogens (primary N) is 1. The molecular weight excluding hydrogens is 190 g/mol. The Morgan fingerprint density at radius 1 is 1.33 bits per heavy atom. The summed E-state index contributed by atoms with van der Waals surface area (Å²) in [6, 6.07) is 0.107. The Hall–Kier alpha value is -0.610. The lowest BCUT2D eigenvalue weighted by Gasteiger charge is -2.22. The second-order valence-corrected chi connectivity index (χ2v) is 4.64. The Kier molecular flexibility index (Phi) is 6.52. The third-order valence-electron chi connectivity index (χ3n) is 2.67. The highest BCUT2D eigenvalue weighted by atomic mass is 16.2. The van der Waals surface area contributed by atoms with Crippen LogP contribution in [0.5, 0.6) is 0 Å². The number of amides is 1. The first-order valence-corrected chi connectivity index (χ1v) is 5.59. The molecule has 3 N–H and O–H groups in total. The van der Waals surface area contributed by atoms with Crippen molar-refractivity contribution in [2.24, 2.45) is 11.7 Å². The topological polar surface area (TPSA) is 58.4 Å². The summed E-state index contributed by atoms with van der Waals surface area (Å²) in [6.07, 6.45) is 0. The summed E-state index contributed by atoms with van der Waals surface area (Å²) in [6.45, 7) is 9.67. The monoisotopic (exact) mass is 215 g/mol. The molecule has 0 aromatic carbocycles. The molecule has 0 saturated heterocycles. The van der Waals surface area contributed by atoms with Crippen molar-refractivity contribution in [2.45, 2.75) is 39.8 Å². The van der Waals surface area contributed by atoms with E-state index in [0.717, 1.165) is 6.54 Å². The largest absolute Gasteiger partial charge is 0.353 e. The van der Waals surface area contributed by atoms with Crippen LogP contribution in [0.25, 0.3) is 0 Å². The van der Waals surface area contributed by atoms with Gasteiger partial charge in [0, 0.05) is 19.1 Å². The van der Waals surface area contributed by atoms with Crippen LogP contribution in [0.15, 0.2) is 0 Å². The van der Waals surface area contributed by atoms with Crippen molar-refractivity contribution in [3.63, 3.8) is 0 Å². The Balaban J connectivity index is 3.73. The maximum absolute atomic E-state index is 11.5. The Labute approximate surface area is 93.2 Å². The highest BCUT2D eigenvalue weighted by Gasteiger charge is 2.16. The Morgan fingerprint density at radius 2 is 1.87 bits per heavy atom. The molecule has 0 aromatic rings. The first-order valence-electron chi connectivity index (χ1n) is 5.59. The van der Waals surface area contributed by atoms with Crippen molar-refractivity contribution in [3.05, 3.63) is 0 Å². The van der Waals surface area contributed by atoms with Crippen LogP contribution >= 0.6 is 0 Å². The molecule has 0 spiro atoms. The van der Waals surface area contributed by atoms with Gasteiger partial charge in [-0.2, -0.15) is 0 Å². The highest BCUT2D eigenvalue weighted by molar-refractivity contribution is 5.81. The van der Waals surface area contributed by atoms with Crippen LogP contribution in [-0.4, -0.2) is 43.0 Å². The number of nitrogens with zero attached hydrogens (tertiary/aromatic N) is 1. The third kappa shape index (κ3) is 5.74. The van der Waals surface area contributed by atoms with Gasteiger partial charge in [0.1, 0.15) is 0 Å². The third-order valence-corrected chi connectivity index (χ3v) is 2.67. The van der Waals surface area contributed by atoms with E-state index in [1.165, 1.54) is 0 Å². The van der Waals surface area contributed by atoms with Gasteiger partial charge in [-0.3, -0.25) is 4.79 Å². The van der Waals surface area contributed by atoms with Gasteiger partial charge in [0.15, 0.2) is 0 Å². The molecule has 0 aliphatic rings. The zero-order chi connectivity index (χ0) is 12.0. The zero-order valence-corrected chi connectivity index (χ0v) is 10.6. The van der Waals surface area contributed by atoms with Crippen molar-refractivity contribution < 1.29 is 4.79 Å². The van der Waals surface area contributed by atoms with Crippen LogP contribution in [0.4, 0.5) is 0 Å². The molecule has 0 aromatic heterocycles. The van der Waals surface area contributed by atoms with Crippen molar-refractivity contribution >= 4 is 5.91 Å². The molecule has 0 radical (unpaired) electrons. The molecule has 0 aliphatic carbocycles. The zero-order valence-electron chi connectivity index (χ0n) is 10.6. The van der Waals surface area contributed by atoms with E-state index in [4.69, 9.17) is 5.73 Å². The predicted octanol–water partition coefficient (Wildman–Crippen LogP) is 0.426. The molecule has 1 atom stereocenters. The molecule has 0 heterocycles. The highest BCUT2D eigenvalue weighted by Crippen LogP contribution is 1.97. The molecule has 15 heavy (non-hydrogen) atoms. The first kappa shape index (κ1) is 14.4. The quantitative estimate of drug-likeness (QED) is 0.675. The molecule has 0 saturated carbocycles. The van der Waals surface area contributed by atoms with Crippen molar-refractivity contribution in [2.75, 3.05) is 20.1 Å². The van der Waals surface area contributed by atoms with Gasteiger partial charge >= 0.3 is 0 Å². The lowest BCUT2D eigenvalue weighted by Crippen LogP contribution is -2.46. The number of carbonyl (C=O) groups excluding carboxylic acids is 1. The van der Waals surface area contributed by atoms with Gasteiger partial charge in [-0.05, 0) is 26.8 Å². The van der Waals surface area contributed by atoms with Crippen molar-refractivity contribution in [1.29, 1.82) is 0 Å². The average Bonchev–Trinajstić information content (AvgIpc) is 2.15. The van der Waals surface area contributed by atoms with E-state index >= 15 is 0 Å². The molecular formula is C11H25N3O. The summed E-state index contributed by atoms with van der Waals surface area (Å²) >= 11 is 0. The van der Waals surface area contributed by atoms with Gasteiger partial charge in [-0.25, -0.2) is 0 Å². The van der Waals surface area contributed by atoms with E-state index in [1.54, 1.807) is 0 Å². The molecule has 4 nitrogen and oxygen atoms in total. The van der Waals surface area contributed by atoms with Crippen LogP contribution in [0, 0.1) is 5.92 Å². The van der Waals surface area contributed by atoms with E-state index < -0.39 is 6.04 Å². The van der Waals surface area contributed by atoms with Crippen LogP contribution < -0.4 is 11.1 Å². The van der Waals surface area contributed by atoms with E-state index in [-0.39, 0.29) is 11.8 Å². The summed E-state index contributed by atoms with van der Waals surface area (Å²) in [5.41, 5.74) is 5.71. The van der Waals surface area contributed by atoms with Gasteiger partial charge in [0.05, 0.1) is 6.04 Å². The Bertz CT molecular complexity index is 192. The second-order valence-electron chi connectivity index (χ2n) is 4.64. The smallest absolute Gasteiger partial charge is 0.237 e. The number of nitrogens with one attached hydrogen (secondary N) is 1. The van der Waals surface area contributed by atoms with E-state index in [9.17, 15) is 4.79 Å². The van der Waals surface area contributed by atoms with Gasteiger partial charge in [0.2, 0.25) is 5.91 Å². The normalized spacial score (nSPS) is 13.7. The minimum Gasteiger partial charge on any atom is -0.353 e. The van der Waals surface area contributed by atoms with Crippen molar-refractivity contribution in [1.82, 2.24) is 10.2 Å². The van der Waals surface area contributed by atoms with Gasteiger partial charge < -0.3 is 16.0 Å². The summed E-state index contributed by atoms with van der Waals surface area (Å²) in [5.74, 6) is 0.134. The minimum absolute atomic E-state index is 0.0536. The number of likely N-dealkylation sites (N-methyl/N-ethyl adjacent to an activating group) is 1. The maximum atomic E-state index is 11.5. The van der Waals surface area contributed by atoms with E-state index in [1.807, 2.05) is 20.9 Å². The molecule has 0 unspecified atom stereocenters. The van der Waals surface area contributed by atoms with Crippen LogP contribution in [0.1, 0.15) is 27.7 Å². The fourth-order valence-electron chi connectivity index (χ4n) is 1.03. The lowest BCUT2D eigenvalue weighted by molar-refractivity contribution is -0.123. The van der Waals surface area contributed by atoms with E-state index in [2.05, 4.69) is 24.1 Å². The first-order chi connectivity index (χ1) is 6.86. The van der Waals surface area contributed by atoms with Crippen LogP contribution in [0.2, 0.25) is 0 Å². The van der Waals surface area contributed by atoms with E-state index in [0.29, 0.717) is 12.6 Å². The average molecular weight is 215 g/mol. The van der Waals surface area contributed by atoms with Gasteiger partial charge in [-0.15, -0.1) is 0 Å². The van der Waals surface area contributed by atoms with Crippen molar-refractivity contribution in [3.8, 4) is 0 Å². The van der Waals surface area contributed by atoms with Gasteiger partial charge in [-0.1, -0.05) is 13.8 Å². The molecule has 1 amide bonds. The molecule has 0 rings (SSSR count). The maximum Gasteiger partial charge on any atom is 0.237 e. The molecule has 4 heteroatoms. The standard InChI is InChI=1S/C11H25N3O/c1-8(2)10(12)11(15)13-6-7-14(5)9(3)4/h8-10H,6-7,12H2,1-5H3,(H,13,15)/t10-/m0/s1. The summed E-state index contributed by atoms with van der Waals surface area (Å²) < 4.78 is 0. The second kappa shape index (κ2) is 6.80. The summed E-state index contributed by atoms with van der Waals surface area (Å²) in [7, 11) is 2.04. The summed E-state index contributed by atoms with van der Waals surface area (Å²) in [5, 5.41) is 2.84. The minimum atomic E-state index is -0.394. The number of hydrogen-bond donors (Lipinski definition) is 2. The lowest BCUT2D eigenvalue weighted by atomic mass is 10.1. The molecule has 0 fully saturated rings. The SMILES string of the molecule is CC(C)[C@H](N)C(=O)NCCN(C)C(C)C. The predicted molar refractivity (Wildman–Crippen MR) is 63.6 cm³/mol. The summed E-state index contributed by atoms with van der Waals surface area (Å²) in [4.78, 5) is 13.7. The number of carbonyl (C=O) groups is 1. The number of hydrogen-bond acceptors (Lipinski definition) is 3. The fraction of sp³-hybridized carbons (Fsp3) is 0.909. The number of rotatable bonds is 6. The molecule has 0 bridgehead atoms. The molecule has 0 aliphatic heterocycles. The fourth-order valence-corrected chi connectivity index (χ4v) is 1.03. The Morgan fingerprint density at radius 3 is 2.27 bits per heavy atom. The van der Waals surface area contributed by atoms with Crippen LogP contribution in [-0.2, 0) is 4.79 Å². The molecule has 90 valence electrons.